The van der Waals surface area contributed by atoms with Gasteiger partial charge in [0.25, 0.3) is 15.9 Å². The number of hydrogen-bond donors (Lipinski definition) is 2. The van der Waals surface area contributed by atoms with Crippen LogP contribution in [0.3, 0.4) is 0 Å². The number of primary amides is 1. The van der Waals surface area contributed by atoms with Crippen molar-refractivity contribution in [3.8, 4) is 0 Å². The number of nitrogens with two attached hydrogens (primary N) is 1. The van der Waals surface area contributed by atoms with Gasteiger partial charge in [-0.3, -0.25) is 9.59 Å². The van der Waals surface area contributed by atoms with E-state index in [0.29, 0.717) is 0 Å². The molecule has 1 unspecified atom stereocenters. The summed E-state index contributed by atoms with van der Waals surface area (Å²) >= 11 is 0.925. The summed E-state index contributed by atoms with van der Waals surface area (Å²) in [6.07, 6.45) is 0.893. The van der Waals surface area contributed by atoms with Crippen LogP contribution in [0.15, 0.2) is 16.3 Å². The van der Waals surface area contributed by atoms with Crippen molar-refractivity contribution in [2.45, 2.75) is 31.6 Å². The Balaban J connectivity index is 2.90. The van der Waals surface area contributed by atoms with Gasteiger partial charge in [-0.15, -0.1) is 11.3 Å². The van der Waals surface area contributed by atoms with Gasteiger partial charge in [-0.25, -0.2) is 13.1 Å². The molecule has 0 saturated carbocycles. The Bertz CT molecular complexity index is 577. The van der Waals surface area contributed by atoms with Crippen molar-refractivity contribution in [1.82, 2.24) is 4.72 Å². The fourth-order valence-electron chi connectivity index (χ4n) is 1.40. The molecule has 1 rings (SSSR count). The van der Waals surface area contributed by atoms with Gasteiger partial charge in [-0.1, -0.05) is 20.3 Å². The predicted octanol–water partition coefficient (Wildman–Crippen LogP) is 1.09. The van der Waals surface area contributed by atoms with Crippen LogP contribution < -0.4 is 10.5 Å². The minimum Gasteiger partial charge on any atom is -0.365 e. The Morgan fingerprint density at radius 2 is 2.11 bits per heavy atom. The van der Waals surface area contributed by atoms with Crippen LogP contribution in [-0.4, -0.2) is 20.2 Å². The van der Waals surface area contributed by atoms with Crippen LogP contribution >= 0.6 is 11.3 Å². The van der Waals surface area contributed by atoms with Gasteiger partial charge in [-0.2, -0.15) is 0 Å². The van der Waals surface area contributed by atoms with E-state index in [1.807, 2.05) is 18.6 Å². The van der Waals surface area contributed by atoms with Gasteiger partial charge in [-0.05, 0) is 17.4 Å². The standard InChI is InChI=1S/C11H16N2O4S2/c1-3-7(2)6-9(14)13-19(16,17)8-4-5-18-10(8)11(12)15/h4-5,7H,3,6H2,1-2H3,(H2,12,15)(H,13,14). The van der Waals surface area contributed by atoms with E-state index < -0.39 is 21.8 Å². The third-order valence-electron chi connectivity index (χ3n) is 2.62. The van der Waals surface area contributed by atoms with Gasteiger partial charge in [0, 0.05) is 6.42 Å². The number of amides is 2. The first kappa shape index (κ1) is 15.6. The molecule has 0 aliphatic heterocycles. The summed E-state index contributed by atoms with van der Waals surface area (Å²) < 4.78 is 25.9. The molecule has 19 heavy (non-hydrogen) atoms. The molecule has 0 bridgehead atoms. The zero-order valence-electron chi connectivity index (χ0n) is 10.7. The van der Waals surface area contributed by atoms with Crippen molar-refractivity contribution in [2.24, 2.45) is 11.7 Å². The molecular weight excluding hydrogens is 288 g/mol. The minimum atomic E-state index is -4.04. The number of thiophene rings is 1. The number of rotatable bonds is 6. The summed E-state index contributed by atoms with van der Waals surface area (Å²) in [5.41, 5.74) is 5.08. The maximum absolute atomic E-state index is 12.0. The van der Waals surface area contributed by atoms with Crippen LogP contribution in [0.25, 0.3) is 0 Å². The van der Waals surface area contributed by atoms with Gasteiger partial charge in [0.2, 0.25) is 5.91 Å². The van der Waals surface area contributed by atoms with Crippen LogP contribution in [0.4, 0.5) is 0 Å². The lowest BCUT2D eigenvalue weighted by atomic mass is 10.1. The zero-order chi connectivity index (χ0) is 14.6. The van der Waals surface area contributed by atoms with E-state index in [4.69, 9.17) is 5.73 Å². The summed E-state index contributed by atoms with van der Waals surface area (Å²) in [6, 6.07) is 1.25. The van der Waals surface area contributed by atoms with E-state index in [-0.39, 0.29) is 22.1 Å². The SMILES string of the molecule is CCC(C)CC(=O)NS(=O)(=O)c1ccsc1C(N)=O. The predicted molar refractivity (Wildman–Crippen MR) is 72.2 cm³/mol. The molecular formula is C11H16N2O4S2. The van der Waals surface area contributed by atoms with Crippen molar-refractivity contribution >= 4 is 33.2 Å². The number of nitrogens with one attached hydrogen (secondary N) is 1. The van der Waals surface area contributed by atoms with Gasteiger partial charge < -0.3 is 5.73 Å². The summed E-state index contributed by atoms with van der Waals surface area (Å²) in [5.74, 6) is -1.32. The molecule has 1 aromatic heterocycles. The molecule has 8 heteroatoms. The fourth-order valence-corrected chi connectivity index (χ4v) is 3.68. The zero-order valence-corrected chi connectivity index (χ0v) is 12.3. The molecule has 0 aromatic carbocycles. The quantitative estimate of drug-likeness (QED) is 0.820. The first-order valence-corrected chi connectivity index (χ1v) is 8.07. The average Bonchev–Trinajstić information content (AvgIpc) is 2.77. The molecule has 6 nitrogen and oxygen atoms in total. The highest BCUT2D eigenvalue weighted by atomic mass is 32.2. The topological polar surface area (TPSA) is 106 Å². The number of sulfonamides is 1. The summed E-state index contributed by atoms with van der Waals surface area (Å²) in [6.45, 7) is 3.77. The van der Waals surface area contributed by atoms with Crippen molar-refractivity contribution in [3.63, 3.8) is 0 Å². The lowest BCUT2D eigenvalue weighted by Crippen LogP contribution is -2.32. The van der Waals surface area contributed by atoms with Gasteiger partial charge in [0.1, 0.15) is 9.77 Å². The Morgan fingerprint density at radius 3 is 2.63 bits per heavy atom. The largest absolute Gasteiger partial charge is 0.365 e. The highest BCUT2D eigenvalue weighted by molar-refractivity contribution is 7.90. The van der Waals surface area contributed by atoms with Crippen LogP contribution in [0.1, 0.15) is 36.4 Å². The van der Waals surface area contributed by atoms with E-state index in [9.17, 15) is 18.0 Å². The van der Waals surface area contributed by atoms with Gasteiger partial charge >= 0.3 is 0 Å². The van der Waals surface area contributed by atoms with Gasteiger partial charge in [0.15, 0.2) is 0 Å². The summed E-state index contributed by atoms with van der Waals surface area (Å²) in [5, 5.41) is 1.44. The smallest absolute Gasteiger partial charge is 0.265 e. The lowest BCUT2D eigenvalue weighted by molar-refractivity contribution is -0.120. The minimum absolute atomic E-state index is 0.0798. The Kier molecular flexibility index (Phi) is 5.07. The molecule has 0 aliphatic rings. The highest BCUT2D eigenvalue weighted by Crippen LogP contribution is 2.21. The molecule has 0 spiro atoms. The first-order chi connectivity index (χ1) is 8.77. The Hall–Kier alpha value is -1.41. The van der Waals surface area contributed by atoms with Crippen LogP contribution in [0.5, 0.6) is 0 Å². The molecule has 1 aromatic rings. The third kappa shape index (κ3) is 4.03. The van der Waals surface area contributed by atoms with Crippen molar-refractivity contribution in [2.75, 3.05) is 0 Å². The molecule has 0 radical (unpaired) electrons. The molecule has 1 heterocycles. The van der Waals surface area contributed by atoms with E-state index in [0.717, 1.165) is 17.8 Å². The van der Waals surface area contributed by atoms with E-state index >= 15 is 0 Å². The summed E-state index contributed by atoms with van der Waals surface area (Å²) in [7, 11) is -4.04. The second kappa shape index (κ2) is 6.16. The van der Waals surface area contributed by atoms with Gasteiger partial charge in [0.05, 0.1) is 0 Å². The molecule has 3 N–H and O–H groups in total. The van der Waals surface area contributed by atoms with Crippen molar-refractivity contribution < 1.29 is 18.0 Å². The number of hydrogen-bond acceptors (Lipinski definition) is 5. The third-order valence-corrected chi connectivity index (χ3v) is 5.10. The molecule has 106 valence electrons. The van der Waals surface area contributed by atoms with E-state index in [2.05, 4.69) is 0 Å². The van der Waals surface area contributed by atoms with Crippen molar-refractivity contribution in [1.29, 1.82) is 0 Å². The molecule has 1 atom stereocenters. The number of carbonyl (C=O) groups is 2. The van der Waals surface area contributed by atoms with E-state index in [1.54, 1.807) is 0 Å². The van der Waals surface area contributed by atoms with Crippen LogP contribution in [-0.2, 0) is 14.8 Å². The summed E-state index contributed by atoms with van der Waals surface area (Å²) in [4.78, 5) is 22.4. The second-order valence-corrected chi connectivity index (χ2v) is 6.79. The molecule has 2 amide bonds. The fraction of sp³-hybridized carbons (Fsp3) is 0.455. The van der Waals surface area contributed by atoms with E-state index in [1.165, 1.54) is 11.4 Å². The first-order valence-electron chi connectivity index (χ1n) is 5.70. The molecule has 0 aliphatic carbocycles. The lowest BCUT2D eigenvalue weighted by Gasteiger charge is -2.09. The highest BCUT2D eigenvalue weighted by Gasteiger charge is 2.25. The second-order valence-electron chi connectivity index (χ2n) is 4.22. The molecule has 0 saturated heterocycles. The molecule has 0 fully saturated rings. The normalized spacial score (nSPS) is 12.9. The van der Waals surface area contributed by atoms with Crippen molar-refractivity contribution in [3.05, 3.63) is 16.3 Å². The van der Waals surface area contributed by atoms with Crippen LogP contribution in [0, 0.1) is 5.92 Å². The monoisotopic (exact) mass is 304 g/mol. The maximum Gasteiger partial charge on any atom is 0.265 e. The van der Waals surface area contributed by atoms with Crippen LogP contribution in [0.2, 0.25) is 0 Å². The maximum atomic E-state index is 12.0. The Morgan fingerprint density at radius 1 is 1.47 bits per heavy atom. The number of carbonyl (C=O) groups excluding carboxylic acids is 2. The average molecular weight is 304 g/mol. The Labute approximate surface area is 116 Å².